The second-order valence-electron chi connectivity index (χ2n) is 5.52. The van der Waals surface area contributed by atoms with Gasteiger partial charge in [-0.15, -0.1) is 0 Å². The summed E-state index contributed by atoms with van der Waals surface area (Å²) in [6.45, 7) is 4.16. The van der Waals surface area contributed by atoms with E-state index in [1.165, 1.54) is 11.3 Å². The Hall–Kier alpha value is -1.13. The lowest BCUT2D eigenvalue weighted by Crippen LogP contribution is -2.44. The summed E-state index contributed by atoms with van der Waals surface area (Å²) in [6.07, 6.45) is 2.62. The first-order valence-corrected chi connectivity index (χ1v) is 7.75. The molecule has 3 nitrogen and oxygen atoms in total. The number of nitrogens with zero attached hydrogens (tertiary/aromatic N) is 2. The van der Waals surface area contributed by atoms with Crippen molar-refractivity contribution in [1.82, 2.24) is 9.78 Å². The Labute approximate surface area is 129 Å². The van der Waals surface area contributed by atoms with Gasteiger partial charge in [0.2, 0.25) is 0 Å². The average molecular weight is 336 g/mol. The van der Waals surface area contributed by atoms with Crippen LogP contribution in [0.2, 0.25) is 0 Å². The summed E-state index contributed by atoms with van der Waals surface area (Å²) >= 11 is 3.63. The summed E-state index contributed by atoms with van der Waals surface area (Å²) < 4.78 is 3.01. The minimum Gasteiger partial charge on any atom is -0.324 e. The van der Waals surface area contributed by atoms with E-state index in [1.807, 2.05) is 24.7 Å². The molecule has 1 heterocycles. The van der Waals surface area contributed by atoms with Gasteiger partial charge in [-0.3, -0.25) is 4.68 Å². The number of rotatable bonds is 5. The first-order valence-electron chi connectivity index (χ1n) is 6.96. The zero-order chi connectivity index (χ0) is 14.8. The number of hydrogen-bond donors (Lipinski definition) is 1. The van der Waals surface area contributed by atoms with Crippen molar-refractivity contribution in [2.24, 2.45) is 12.8 Å². The molecule has 108 valence electrons. The highest BCUT2D eigenvalue weighted by Crippen LogP contribution is 2.26. The van der Waals surface area contributed by atoms with Crippen LogP contribution in [0.1, 0.15) is 30.3 Å². The van der Waals surface area contributed by atoms with E-state index in [0.717, 1.165) is 29.4 Å². The zero-order valence-electron chi connectivity index (χ0n) is 12.4. The molecule has 0 bridgehead atoms. The van der Waals surface area contributed by atoms with Gasteiger partial charge < -0.3 is 5.73 Å². The van der Waals surface area contributed by atoms with Crippen molar-refractivity contribution in [3.8, 4) is 0 Å². The molecule has 0 saturated heterocycles. The lowest BCUT2D eigenvalue weighted by Gasteiger charge is -2.28. The number of aromatic nitrogens is 2. The van der Waals surface area contributed by atoms with Gasteiger partial charge in [0, 0.05) is 19.0 Å². The molecule has 2 N–H and O–H groups in total. The highest BCUT2D eigenvalue weighted by atomic mass is 79.9. The molecule has 0 spiro atoms. The molecule has 1 atom stereocenters. The number of benzene rings is 1. The van der Waals surface area contributed by atoms with Crippen molar-refractivity contribution in [2.75, 3.05) is 0 Å². The van der Waals surface area contributed by atoms with E-state index in [0.29, 0.717) is 0 Å². The number of halogens is 1. The highest BCUT2D eigenvalue weighted by Gasteiger charge is 2.27. The van der Waals surface area contributed by atoms with E-state index in [2.05, 4.69) is 52.2 Å². The van der Waals surface area contributed by atoms with Gasteiger partial charge >= 0.3 is 0 Å². The normalized spacial score (nSPS) is 14.2. The smallest absolute Gasteiger partial charge is 0.0738 e. The van der Waals surface area contributed by atoms with Gasteiger partial charge in [0.25, 0.3) is 0 Å². The zero-order valence-corrected chi connectivity index (χ0v) is 13.9. The second kappa shape index (κ2) is 6.10. The molecule has 1 unspecified atom stereocenters. The molecule has 4 heteroatoms. The Morgan fingerprint density at radius 1 is 1.25 bits per heavy atom. The van der Waals surface area contributed by atoms with E-state index >= 15 is 0 Å². The van der Waals surface area contributed by atoms with Crippen LogP contribution in [0.15, 0.2) is 34.8 Å². The Morgan fingerprint density at radius 3 is 2.40 bits per heavy atom. The van der Waals surface area contributed by atoms with Gasteiger partial charge in [-0.2, -0.15) is 5.10 Å². The summed E-state index contributed by atoms with van der Waals surface area (Å²) in [5.41, 5.74) is 9.87. The maximum atomic E-state index is 6.65. The van der Waals surface area contributed by atoms with Crippen molar-refractivity contribution < 1.29 is 0 Å². The summed E-state index contributed by atoms with van der Waals surface area (Å²) in [6, 6.07) is 10.4. The van der Waals surface area contributed by atoms with Crippen molar-refractivity contribution in [3.63, 3.8) is 0 Å². The molecule has 20 heavy (non-hydrogen) atoms. The van der Waals surface area contributed by atoms with Crippen LogP contribution in [0.25, 0.3) is 0 Å². The van der Waals surface area contributed by atoms with Crippen LogP contribution in [-0.4, -0.2) is 15.3 Å². The third-order valence-corrected chi connectivity index (χ3v) is 4.92. The maximum Gasteiger partial charge on any atom is 0.0738 e. The topological polar surface area (TPSA) is 43.8 Å². The van der Waals surface area contributed by atoms with Crippen molar-refractivity contribution in [2.45, 2.75) is 38.6 Å². The summed E-state index contributed by atoms with van der Waals surface area (Å²) in [4.78, 5) is 0. The quantitative estimate of drug-likeness (QED) is 0.910. The van der Waals surface area contributed by atoms with Crippen LogP contribution in [0.5, 0.6) is 0 Å². The Bertz CT molecular complexity index is 577. The molecule has 0 radical (unpaired) electrons. The minimum atomic E-state index is -0.246. The van der Waals surface area contributed by atoms with E-state index in [1.54, 1.807) is 0 Å². The fourth-order valence-electron chi connectivity index (χ4n) is 2.52. The lowest BCUT2D eigenvalue weighted by molar-refractivity contribution is 0.393. The molecule has 2 rings (SSSR count). The van der Waals surface area contributed by atoms with Crippen LogP contribution in [0, 0.1) is 6.92 Å². The second-order valence-corrected chi connectivity index (χ2v) is 6.32. The molecular formula is C16H22BrN3. The van der Waals surface area contributed by atoms with Gasteiger partial charge in [0.1, 0.15) is 0 Å². The van der Waals surface area contributed by atoms with E-state index in [9.17, 15) is 0 Å². The Balaban J connectivity index is 2.23. The molecule has 2 aromatic rings. The summed E-state index contributed by atoms with van der Waals surface area (Å²) in [7, 11) is 1.98. The molecule has 0 amide bonds. The highest BCUT2D eigenvalue weighted by molar-refractivity contribution is 9.10. The Morgan fingerprint density at radius 2 is 1.90 bits per heavy atom. The van der Waals surface area contributed by atoms with Gasteiger partial charge in [-0.05, 0) is 41.3 Å². The number of nitrogens with two attached hydrogens (primary N) is 1. The van der Waals surface area contributed by atoms with E-state index in [-0.39, 0.29) is 5.54 Å². The third-order valence-electron chi connectivity index (χ3n) is 3.88. The van der Waals surface area contributed by atoms with Crippen LogP contribution in [0.4, 0.5) is 0 Å². The van der Waals surface area contributed by atoms with Gasteiger partial charge in [0.05, 0.1) is 15.9 Å². The summed E-state index contributed by atoms with van der Waals surface area (Å²) in [5, 5.41) is 4.45. The fraction of sp³-hybridized carbons (Fsp3) is 0.438. The monoisotopic (exact) mass is 335 g/mol. The molecule has 0 fully saturated rings. The Kier molecular flexibility index (Phi) is 4.66. The standard InChI is InChI=1S/C16H22BrN3/c1-4-16(18,10-13-8-6-5-7-9-13)11-14-15(17)12(2)19-20(14)3/h5-9H,4,10-11,18H2,1-3H3. The number of hydrogen-bond acceptors (Lipinski definition) is 2. The van der Waals surface area contributed by atoms with Crippen LogP contribution in [-0.2, 0) is 19.9 Å². The van der Waals surface area contributed by atoms with Crippen molar-refractivity contribution in [3.05, 3.63) is 51.8 Å². The lowest BCUT2D eigenvalue weighted by atomic mass is 9.85. The molecule has 0 aliphatic carbocycles. The van der Waals surface area contributed by atoms with Crippen LogP contribution >= 0.6 is 15.9 Å². The average Bonchev–Trinajstić information content (AvgIpc) is 2.66. The van der Waals surface area contributed by atoms with E-state index in [4.69, 9.17) is 5.73 Å². The van der Waals surface area contributed by atoms with Gasteiger partial charge in [0.15, 0.2) is 0 Å². The van der Waals surface area contributed by atoms with E-state index < -0.39 is 0 Å². The maximum absolute atomic E-state index is 6.65. The molecule has 0 aliphatic heterocycles. The predicted molar refractivity (Wildman–Crippen MR) is 86.7 cm³/mol. The number of aryl methyl sites for hydroxylation is 2. The van der Waals surface area contributed by atoms with Crippen LogP contribution in [0.3, 0.4) is 0 Å². The molecule has 0 aliphatic rings. The first kappa shape index (κ1) is 15.3. The first-order chi connectivity index (χ1) is 9.45. The largest absolute Gasteiger partial charge is 0.324 e. The van der Waals surface area contributed by atoms with Crippen molar-refractivity contribution in [1.29, 1.82) is 0 Å². The fourth-order valence-corrected chi connectivity index (χ4v) is 3.00. The summed E-state index contributed by atoms with van der Waals surface area (Å²) in [5.74, 6) is 0. The third kappa shape index (κ3) is 3.30. The van der Waals surface area contributed by atoms with Gasteiger partial charge in [-0.1, -0.05) is 37.3 Å². The molecule has 1 aromatic heterocycles. The van der Waals surface area contributed by atoms with Crippen molar-refractivity contribution >= 4 is 15.9 Å². The minimum absolute atomic E-state index is 0.246. The SMILES string of the molecule is CCC(N)(Cc1ccccc1)Cc1c(Br)c(C)nn1C. The molecular weight excluding hydrogens is 314 g/mol. The predicted octanol–water partition coefficient (Wildman–Crippen LogP) is 3.38. The molecule has 1 aromatic carbocycles. The van der Waals surface area contributed by atoms with Crippen LogP contribution < -0.4 is 5.73 Å². The molecule has 0 saturated carbocycles. The van der Waals surface area contributed by atoms with Gasteiger partial charge in [-0.25, -0.2) is 0 Å².